The van der Waals surface area contributed by atoms with E-state index >= 15 is 0 Å². The van der Waals surface area contributed by atoms with Gasteiger partial charge in [0.15, 0.2) is 0 Å². The Hall–Kier alpha value is -2.91. The Morgan fingerprint density at radius 2 is 1.85 bits per heavy atom. The summed E-state index contributed by atoms with van der Waals surface area (Å²) in [5.41, 5.74) is 1.59. The van der Waals surface area contributed by atoms with Crippen LogP contribution in [0.3, 0.4) is 0 Å². The molecule has 0 aromatic heterocycles. The van der Waals surface area contributed by atoms with Crippen LogP contribution in [0.15, 0.2) is 53.4 Å². The fraction of sp³-hybridized carbons (Fsp3) is 0.440. The number of nitrogens with zero attached hydrogens (tertiary/aromatic N) is 2. The van der Waals surface area contributed by atoms with Gasteiger partial charge in [0, 0.05) is 32.6 Å². The molecule has 2 amide bonds. The van der Waals surface area contributed by atoms with Gasteiger partial charge in [-0.2, -0.15) is 4.31 Å². The molecular formula is C25H33N3O5S. The normalized spacial score (nSPS) is 16.1. The number of aryl methyl sites for hydroxylation is 1. The van der Waals surface area contributed by atoms with Gasteiger partial charge in [-0.25, -0.2) is 8.42 Å². The number of nitrogens with one attached hydrogen (secondary N) is 1. The molecule has 0 bridgehead atoms. The molecule has 0 spiro atoms. The standard InChI is InChI=1S/C25H33N3O5S/c1-4-5-14-26-25(30)24(20-7-6-8-21(18-20)33-3)28-17-16-27(15-13-23(28)29)34(31,32)22-11-9-19(2)10-12-22/h6-12,18,24H,4-5,13-17H2,1-3H3,(H,26,30). The smallest absolute Gasteiger partial charge is 0.247 e. The van der Waals surface area contributed by atoms with Crippen LogP contribution in [-0.4, -0.2) is 62.7 Å². The molecule has 184 valence electrons. The highest BCUT2D eigenvalue weighted by molar-refractivity contribution is 7.89. The van der Waals surface area contributed by atoms with Crippen LogP contribution in [0, 0.1) is 6.92 Å². The topological polar surface area (TPSA) is 96.0 Å². The first kappa shape index (κ1) is 25.7. The molecule has 1 heterocycles. The highest BCUT2D eigenvalue weighted by atomic mass is 32.2. The van der Waals surface area contributed by atoms with Crippen molar-refractivity contribution in [2.45, 2.75) is 44.0 Å². The molecule has 1 unspecified atom stereocenters. The van der Waals surface area contributed by atoms with Gasteiger partial charge in [-0.05, 0) is 43.2 Å². The van der Waals surface area contributed by atoms with Crippen molar-refractivity contribution in [3.63, 3.8) is 0 Å². The highest BCUT2D eigenvalue weighted by Crippen LogP contribution is 2.28. The summed E-state index contributed by atoms with van der Waals surface area (Å²) in [4.78, 5) is 28.1. The summed E-state index contributed by atoms with van der Waals surface area (Å²) in [6.07, 6.45) is 1.75. The van der Waals surface area contributed by atoms with E-state index in [1.165, 1.54) is 9.21 Å². The second kappa shape index (κ2) is 11.5. The lowest BCUT2D eigenvalue weighted by molar-refractivity contribution is -0.140. The van der Waals surface area contributed by atoms with Crippen LogP contribution in [0.5, 0.6) is 5.75 Å². The maximum absolute atomic E-state index is 13.2. The lowest BCUT2D eigenvalue weighted by atomic mass is 10.0. The number of benzene rings is 2. The van der Waals surface area contributed by atoms with Crippen molar-refractivity contribution in [1.29, 1.82) is 0 Å². The third kappa shape index (κ3) is 5.95. The zero-order valence-electron chi connectivity index (χ0n) is 20.0. The Morgan fingerprint density at radius 1 is 1.12 bits per heavy atom. The summed E-state index contributed by atoms with van der Waals surface area (Å²) in [7, 11) is -2.21. The maximum Gasteiger partial charge on any atom is 0.247 e. The summed E-state index contributed by atoms with van der Waals surface area (Å²) in [5, 5.41) is 2.92. The van der Waals surface area contributed by atoms with E-state index in [1.54, 1.807) is 55.6 Å². The lowest BCUT2D eigenvalue weighted by Gasteiger charge is -2.30. The molecule has 2 aromatic carbocycles. The molecule has 3 rings (SSSR count). The monoisotopic (exact) mass is 487 g/mol. The number of unbranched alkanes of at least 4 members (excludes halogenated alkanes) is 1. The van der Waals surface area contributed by atoms with Crippen molar-refractivity contribution in [2.24, 2.45) is 0 Å². The predicted molar refractivity (Wildman–Crippen MR) is 130 cm³/mol. The Labute approximate surface area is 201 Å². The zero-order valence-corrected chi connectivity index (χ0v) is 20.8. The number of ether oxygens (including phenoxy) is 1. The number of sulfonamides is 1. The minimum atomic E-state index is -3.75. The third-order valence-corrected chi connectivity index (χ3v) is 7.86. The van der Waals surface area contributed by atoms with Gasteiger partial charge < -0.3 is 15.0 Å². The van der Waals surface area contributed by atoms with Crippen molar-refractivity contribution >= 4 is 21.8 Å². The first-order valence-corrected chi connectivity index (χ1v) is 13.0. The Kier molecular flexibility index (Phi) is 8.68. The summed E-state index contributed by atoms with van der Waals surface area (Å²) in [6, 6.07) is 12.9. The lowest BCUT2D eigenvalue weighted by Crippen LogP contribution is -2.45. The molecule has 8 nitrogen and oxygen atoms in total. The van der Waals surface area contributed by atoms with Gasteiger partial charge in [0.2, 0.25) is 21.8 Å². The number of hydrogen-bond donors (Lipinski definition) is 1. The van der Waals surface area contributed by atoms with E-state index in [0.717, 1.165) is 18.4 Å². The maximum atomic E-state index is 13.2. The zero-order chi connectivity index (χ0) is 24.7. The molecule has 1 aliphatic rings. The molecule has 1 aliphatic heterocycles. The van der Waals surface area contributed by atoms with E-state index in [4.69, 9.17) is 4.74 Å². The van der Waals surface area contributed by atoms with Gasteiger partial charge in [0.1, 0.15) is 11.8 Å². The number of carbonyl (C=O) groups excluding carboxylic acids is 2. The summed E-state index contributed by atoms with van der Waals surface area (Å²) in [6.45, 7) is 4.70. The van der Waals surface area contributed by atoms with Crippen LogP contribution in [0.1, 0.15) is 43.4 Å². The van der Waals surface area contributed by atoms with Crippen molar-refractivity contribution in [2.75, 3.05) is 33.3 Å². The number of methoxy groups -OCH3 is 1. The largest absolute Gasteiger partial charge is 0.497 e. The molecule has 0 saturated carbocycles. The minimum absolute atomic E-state index is 0.00615. The van der Waals surface area contributed by atoms with Crippen LogP contribution in [0.25, 0.3) is 0 Å². The van der Waals surface area contributed by atoms with Crippen molar-refractivity contribution < 1.29 is 22.7 Å². The van der Waals surface area contributed by atoms with E-state index in [0.29, 0.717) is 17.9 Å². The number of amides is 2. The van der Waals surface area contributed by atoms with Crippen LogP contribution < -0.4 is 10.1 Å². The first-order chi connectivity index (χ1) is 16.3. The van der Waals surface area contributed by atoms with E-state index in [2.05, 4.69) is 5.32 Å². The molecule has 1 atom stereocenters. The molecular weight excluding hydrogens is 454 g/mol. The second-order valence-corrected chi connectivity index (χ2v) is 10.3. The van der Waals surface area contributed by atoms with Crippen LogP contribution in [-0.2, 0) is 19.6 Å². The van der Waals surface area contributed by atoms with Gasteiger partial charge in [0.05, 0.1) is 12.0 Å². The molecule has 1 fully saturated rings. The van der Waals surface area contributed by atoms with Crippen molar-refractivity contribution in [3.05, 3.63) is 59.7 Å². The third-order valence-electron chi connectivity index (χ3n) is 5.94. The van der Waals surface area contributed by atoms with E-state index in [9.17, 15) is 18.0 Å². The molecule has 0 radical (unpaired) electrons. The average molecular weight is 488 g/mol. The van der Waals surface area contributed by atoms with E-state index < -0.39 is 16.1 Å². The van der Waals surface area contributed by atoms with Crippen LogP contribution >= 0.6 is 0 Å². The molecule has 1 saturated heterocycles. The van der Waals surface area contributed by atoms with Crippen molar-refractivity contribution in [3.8, 4) is 5.75 Å². The Balaban J connectivity index is 1.88. The van der Waals surface area contributed by atoms with Crippen LogP contribution in [0.2, 0.25) is 0 Å². The number of rotatable bonds is 9. The van der Waals surface area contributed by atoms with Gasteiger partial charge in [0.25, 0.3) is 0 Å². The second-order valence-electron chi connectivity index (χ2n) is 8.38. The van der Waals surface area contributed by atoms with Gasteiger partial charge in [-0.1, -0.05) is 43.2 Å². The molecule has 2 aromatic rings. The average Bonchev–Trinajstić information content (AvgIpc) is 3.02. The summed E-state index contributed by atoms with van der Waals surface area (Å²) in [5.74, 6) is 0.0275. The Bertz CT molecular complexity index is 1100. The Morgan fingerprint density at radius 3 is 2.53 bits per heavy atom. The van der Waals surface area contributed by atoms with Crippen LogP contribution in [0.4, 0.5) is 0 Å². The summed E-state index contributed by atoms with van der Waals surface area (Å²) < 4.78 is 33.0. The first-order valence-electron chi connectivity index (χ1n) is 11.6. The SMILES string of the molecule is CCCCNC(=O)C(c1cccc(OC)c1)N1CCN(S(=O)(=O)c2ccc(C)cc2)CCC1=O. The van der Waals surface area contributed by atoms with E-state index in [1.807, 2.05) is 13.8 Å². The van der Waals surface area contributed by atoms with Gasteiger partial charge in [-0.3, -0.25) is 9.59 Å². The minimum Gasteiger partial charge on any atom is -0.497 e. The molecule has 34 heavy (non-hydrogen) atoms. The predicted octanol–water partition coefficient (Wildman–Crippen LogP) is 2.88. The molecule has 9 heteroatoms. The fourth-order valence-electron chi connectivity index (χ4n) is 3.96. The molecule has 0 aliphatic carbocycles. The molecule has 1 N–H and O–H groups in total. The van der Waals surface area contributed by atoms with E-state index in [-0.39, 0.29) is 42.8 Å². The fourth-order valence-corrected chi connectivity index (χ4v) is 5.39. The quantitative estimate of drug-likeness (QED) is 0.549. The number of hydrogen-bond acceptors (Lipinski definition) is 5. The summed E-state index contributed by atoms with van der Waals surface area (Å²) >= 11 is 0. The van der Waals surface area contributed by atoms with Gasteiger partial charge >= 0.3 is 0 Å². The van der Waals surface area contributed by atoms with Gasteiger partial charge in [-0.15, -0.1) is 0 Å². The highest BCUT2D eigenvalue weighted by Gasteiger charge is 2.36. The number of carbonyl (C=O) groups is 2. The van der Waals surface area contributed by atoms with Crippen molar-refractivity contribution in [1.82, 2.24) is 14.5 Å².